The Hall–Kier alpha value is -3.00. The molecule has 2 heterocycles. The second-order valence-electron chi connectivity index (χ2n) is 6.13. The number of hydrogen-bond donors (Lipinski definition) is 3. The molecule has 0 spiro atoms. The summed E-state index contributed by atoms with van der Waals surface area (Å²) in [6.45, 7) is 4.03. The van der Waals surface area contributed by atoms with Gasteiger partial charge >= 0.3 is 0 Å². The topological polar surface area (TPSA) is 123 Å². The lowest BCUT2D eigenvalue weighted by Gasteiger charge is -2.12. The van der Waals surface area contributed by atoms with Crippen LogP contribution >= 0.6 is 0 Å². The van der Waals surface area contributed by atoms with E-state index in [0.717, 1.165) is 22.5 Å². The van der Waals surface area contributed by atoms with Crippen molar-refractivity contribution < 1.29 is 9.32 Å². The number of aryl methyl sites for hydroxylation is 2. The van der Waals surface area contributed by atoms with Gasteiger partial charge in [0.1, 0.15) is 6.04 Å². The first kappa shape index (κ1) is 17.8. The molecule has 1 amide bonds. The molecule has 0 aliphatic carbocycles. The molecule has 8 heteroatoms. The maximum Gasteiger partial charge on any atom is 0.241 e. The van der Waals surface area contributed by atoms with Gasteiger partial charge in [-0.3, -0.25) is 9.89 Å². The van der Waals surface area contributed by atoms with Crippen molar-refractivity contribution in [3.63, 3.8) is 0 Å². The van der Waals surface area contributed by atoms with Crippen molar-refractivity contribution in [2.45, 2.75) is 32.7 Å². The van der Waals surface area contributed by atoms with Crippen LogP contribution in [-0.2, 0) is 17.6 Å². The molecule has 0 bridgehead atoms. The molecule has 3 rings (SSSR count). The van der Waals surface area contributed by atoms with Crippen molar-refractivity contribution in [1.29, 1.82) is 0 Å². The van der Waals surface area contributed by atoms with Crippen LogP contribution in [0.1, 0.15) is 40.3 Å². The van der Waals surface area contributed by atoms with Crippen LogP contribution in [0.15, 0.2) is 34.9 Å². The first-order valence-electron chi connectivity index (χ1n) is 8.44. The zero-order valence-corrected chi connectivity index (χ0v) is 14.8. The average molecular weight is 354 g/mol. The number of hydrogen-bond acceptors (Lipinski definition) is 6. The van der Waals surface area contributed by atoms with E-state index >= 15 is 0 Å². The van der Waals surface area contributed by atoms with E-state index in [0.29, 0.717) is 31.1 Å². The highest BCUT2D eigenvalue weighted by Gasteiger charge is 2.21. The van der Waals surface area contributed by atoms with Crippen LogP contribution in [0.4, 0.5) is 0 Å². The lowest BCUT2D eigenvalue weighted by atomic mass is 10.1. The number of H-pyrrole nitrogens is 1. The second kappa shape index (κ2) is 7.92. The highest BCUT2D eigenvalue weighted by Crippen LogP contribution is 2.17. The van der Waals surface area contributed by atoms with Crippen LogP contribution in [0.2, 0.25) is 0 Å². The third kappa shape index (κ3) is 4.15. The highest BCUT2D eigenvalue weighted by molar-refractivity contribution is 5.83. The number of aromatic amines is 1. The van der Waals surface area contributed by atoms with E-state index in [9.17, 15) is 4.79 Å². The van der Waals surface area contributed by atoms with Crippen molar-refractivity contribution >= 4 is 5.91 Å². The Balaban J connectivity index is 1.50. The van der Waals surface area contributed by atoms with Crippen LogP contribution < -0.4 is 11.1 Å². The molecule has 0 fully saturated rings. The first-order valence-corrected chi connectivity index (χ1v) is 8.44. The van der Waals surface area contributed by atoms with Gasteiger partial charge in [-0.2, -0.15) is 10.1 Å². The normalized spacial score (nSPS) is 12.1. The quantitative estimate of drug-likeness (QED) is 0.589. The van der Waals surface area contributed by atoms with Crippen LogP contribution in [0.3, 0.4) is 0 Å². The maximum atomic E-state index is 12.2. The summed E-state index contributed by atoms with van der Waals surface area (Å²) in [6, 6.07) is 9.17. The minimum Gasteiger partial charge on any atom is -0.354 e. The first-order chi connectivity index (χ1) is 12.5. The zero-order valence-electron chi connectivity index (χ0n) is 14.8. The SMILES string of the molecule is Cc1n[nH]c(C)c1[C@H](N)C(=O)NCCc1nc(Cc2ccccc2)no1. The van der Waals surface area contributed by atoms with Crippen molar-refractivity contribution in [3.8, 4) is 0 Å². The Morgan fingerprint density at radius 3 is 2.77 bits per heavy atom. The van der Waals surface area contributed by atoms with Gasteiger partial charge in [-0.15, -0.1) is 0 Å². The molecular formula is C18H22N6O2. The van der Waals surface area contributed by atoms with Gasteiger partial charge in [0.2, 0.25) is 11.8 Å². The molecule has 1 aromatic carbocycles. The Labute approximate surface area is 151 Å². The summed E-state index contributed by atoms with van der Waals surface area (Å²) >= 11 is 0. The summed E-state index contributed by atoms with van der Waals surface area (Å²) in [5.41, 5.74) is 9.40. The van der Waals surface area contributed by atoms with Crippen molar-refractivity contribution in [2.24, 2.45) is 5.73 Å². The Kier molecular flexibility index (Phi) is 5.43. The predicted octanol–water partition coefficient (Wildman–Crippen LogP) is 1.36. The smallest absolute Gasteiger partial charge is 0.241 e. The molecule has 0 saturated heterocycles. The van der Waals surface area contributed by atoms with Gasteiger partial charge in [0.05, 0.1) is 5.69 Å². The molecule has 0 saturated carbocycles. The molecule has 26 heavy (non-hydrogen) atoms. The van der Waals surface area contributed by atoms with Crippen molar-refractivity contribution in [2.75, 3.05) is 6.54 Å². The van der Waals surface area contributed by atoms with E-state index in [2.05, 4.69) is 25.7 Å². The van der Waals surface area contributed by atoms with Gasteiger partial charge in [-0.1, -0.05) is 35.5 Å². The minimum atomic E-state index is -0.759. The van der Waals surface area contributed by atoms with Crippen LogP contribution in [-0.4, -0.2) is 32.8 Å². The molecule has 3 aromatic rings. The summed E-state index contributed by atoms with van der Waals surface area (Å²) in [6.07, 6.45) is 1.06. The monoisotopic (exact) mass is 354 g/mol. The Morgan fingerprint density at radius 2 is 2.08 bits per heavy atom. The van der Waals surface area contributed by atoms with Gasteiger partial charge < -0.3 is 15.6 Å². The summed E-state index contributed by atoms with van der Waals surface area (Å²) in [5.74, 6) is 0.848. The van der Waals surface area contributed by atoms with Crippen LogP contribution in [0, 0.1) is 13.8 Å². The summed E-state index contributed by atoms with van der Waals surface area (Å²) in [4.78, 5) is 16.6. The van der Waals surface area contributed by atoms with Gasteiger partial charge in [0.25, 0.3) is 0 Å². The van der Waals surface area contributed by atoms with E-state index in [4.69, 9.17) is 10.3 Å². The fourth-order valence-electron chi connectivity index (χ4n) is 2.79. The van der Waals surface area contributed by atoms with Gasteiger partial charge in [0.15, 0.2) is 5.82 Å². The number of amides is 1. The molecule has 8 nitrogen and oxygen atoms in total. The molecule has 0 radical (unpaired) electrons. The third-order valence-electron chi connectivity index (χ3n) is 4.13. The highest BCUT2D eigenvalue weighted by atomic mass is 16.5. The number of carbonyl (C=O) groups excluding carboxylic acids is 1. The number of benzene rings is 1. The summed E-state index contributed by atoms with van der Waals surface area (Å²) in [7, 11) is 0. The van der Waals surface area contributed by atoms with Crippen molar-refractivity contribution in [1.82, 2.24) is 25.7 Å². The van der Waals surface area contributed by atoms with E-state index < -0.39 is 6.04 Å². The van der Waals surface area contributed by atoms with E-state index in [1.807, 2.05) is 44.2 Å². The largest absolute Gasteiger partial charge is 0.354 e. The minimum absolute atomic E-state index is 0.262. The summed E-state index contributed by atoms with van der Waals surface area (Å²) in [5, 5.41) is 13.7. The molecule has 0 aliphatic heterocycles. The number of rotatable bonds is 7. The molecule has 4 N–H and O–H groups in total. The average Bonchev–Trinajstić information content (AvgIpc) is 3.21. The number of nitrogens with one attached hydrogen (secondary N) is 2. The second-order valence-corrected chi connectivity index (χ2v) is 6.13. The lowest BCUT2D eigenvalue weighted by Crippen LogP contribution is -2.35. The van der Waals surface area contributed by atoms with Crippen LogP contribution in [0.5, 0.6) is 0 Å². The molecule has 2 aromatic heterocycles. The molecule has 136 valence electrons. The number of nitrogens with zero attached hydrogens (tertiary/aromatic N) is 3. The van der Waals surface area contributed by atoms with E-state index in [1.54, 1.807) is 0 Å². The molecule has 0 unspecified atom stereocenters. The maximum absolute atomic E-state index is 12.2. The zero-order chi connectivity index (χ0) is 18.5. The standard InChI is InChI=1S/C18H22N6O2/c1-11-16(12(2)23-22-11)17(19)18(25)20-9-8-15-21-14(24-26-15)10-13-6-4-3-5-7-13/h3-7,17H,8-10,19H2,1-2H3,(H,20,25)(H,22,23)/t17-/m0/s1. The number of nitrogens with two attached hydrogens (primary N) is 1. The predicted molar refractivity (Wildman–Crippen MR) is 95.2 cm³/mol. The molecular weight excluding hydrogens is 332 g/mol. The van der Waals surface area contributed by atoms with E-state index in [1.165, 1.54) is 0 Å². The number of carbonyl (C=O) groups is 1. The van der Waals surface area contributed by atoms with Gasteiger partial charge in [-0.25, -0.2) is 0 Å². The Morgan fingerprint density at radius 1 is 1.31 bits per heavy atom. The number of aromatic nitrogens is 4. The van der Waals surface area contributed by atoms with Crippen LogP contribution in [0.25, 0.3) is 0 Å². The van der Waals surface area contributed by atoms with Gasteiger partial charge in [-0.05, 0) is 19.4 Å². The van der Waals surface area contributed by atoms with Gasteiger partial charge in [0, 0.05) is 30.6 Å². The molecule has 0 aliphatic rings. The fourth-order valence-corrected chi connectivity index (χ4v) is 2.79. The van der Waals surface area contributed by atoms with Crippen molar-refractivity contribution in [3.05, 3.63) is 64.6 Å². The summed E-state index contributed by atoms with van der Waals surface area (Å²) < 4.78 is 5.23. The third-order valence-corrected chi connectivity index (χ3v) is 4.13. The van der Waals surface area contributed by atoms with E-state index in [-0.39, 0.29) is 5.91 Å². The Bertz CT molecular complexity index is 851. The lowest BCUT2D eigenvalue weighted by molar-refractivity contribution is -0.122. The molecule has 1 atom stereocenters. The fraction of sp³-hybridized carbons (Fsp3) is 0.333.